The van der Waals surface area contributed by atoms with Crippen LogP contribution >= 0.6 is 0 Å². The Hall–Kier alpha value is -3.08. The molecule has 1 saturated carbocycles. The van der Waals surface area contributed by atoms with E-state index in [2.05, 4.69) is 24.4 Å². The topological polar surface area (TPSA) is 58.6 Å². The highest BCUT2D eigenvalue weighted by Gasteiger charge is 2.39. The van der Waals surface area contributed by atoms with Crippen LogP contribution in [0.1, 0.15) is 48.8 Å². The van der Waals surface area contributed by atoms with E-state index >= 15 is 0 Å². The Bertz CT molecular complexity index is 927. The zero-order chi connectivity index (χ0) is 20.2. The molecule has 1 aliphatic heterocycles. The van der Waals surface area contributed by atoms with Gasteiger partial charge in [-0.3, -0.25) is 9.69 Å². The first kappa shape index (κ1) is 19.2. The molecule has 1 N–H and O–H groups in total. The van der Waals surface area contributed by atoms with Gasteiger partial charge in [0.05, 0.1) is 0 Å². The zero-order valence-electron chi connectivity index (χ0n) is 16.7. The number of carbonyl (C=O) groups is 2. The zero-order valence-corrected chi connectivity index (χ0v) is 16.7. The number of ether oxygens (including phenoxy) is 1. The molecule has 0 spiro atoms. The number of para-hydroxylation sites is 1. The van der Waals surface area contributed by atoms with Crippen LogP contribution in [0.2, 0.25) is 0 Å². The van der Waals surface area contributed by atoms with E-state index < -0.39 is 0 Å². The number of aryl methyl sites for hydroxylation is 1. The maximum absolute atomic E-state index is 12.9. The van der Waals surface area contributed by atoms with Gasteiger partial charge < -0.3 is 10.1 Å². The molecule has 1 saturated heterocycles. The minimum Gasteiger partial charge on any atom is -0.488 e. The number of rotatable bonds is 5. The molecule has 0 unspecified atom stereocenters. The first-order chi connectivity index (χ1) is 14.1. The van der Waals surface area contributed by atoms with Gasteiger partial charge >= 0.3 is 6.03 Å². The summed E-state index contributed by atoms with van der Waals surface area (Å²) < 4.78 is 6.00. The summed E-state index contributed by atoms with van der Waals surface area (Å²) in [5.74, 6) is 0.439. The van der Waals surface area contributed by atoms with Crippen LogP contribution < -0.4 is 10.1 Å². The summed E-state index contributed by atoms with van der Waals surface area (Å²) in [6.07, 6.45) is 6.81. The van der Waals surface area contributed by atoms with E-state index in [0.29, 0.717) is 18.1 Å². The van der Waals surface area contributed by atoms with Crippen LogP contribution in [0.3, 0.4) is 0 Å². The number of amides is 3. The van der Waals surface area contributed by atoms with Crippen molar-refractivity contribution >= 4 is 18.0 Å². The van der Waals surface area contributed by atoms with E-state index in [1.165, 1.54) is 16.9 Å². The fourth-order valence-corrected chi connectivity index (χ4v) is 3.95. The lowest BCUT2D eigenvalue weighted by Crippen LogP contribution is -2.41. The molecule has 0 bridgehead atoms. The van der Waals surface area contributed by atoms with Crippen LogP contribution in [0.15, 0.2) is 54.2 Å². The number of urea groups is 1. The van der Waals surface area contributed by atoms with Crippen molar-refractivity contribution in [1.82, 2.24) is 10.2 Å². The van der Waals surface area contributed by atoms with Crippen molar-refractivity contribution in [3.05, 3.63) is 70.9 Å². The lowest BCUT2D eigenvalue weighted by molar-refractivity contribution is -0.124. The molecular weight excluding hydrogens is 364 g/mol. The Balaban J connectivity index is 1.51. The molecule has 1 heterocycles. The summed E-state index contributed by atoms with van der Waals surface area (Å²) in [6.45, 7) is 2.49. The second kappa shape index (κ2) is 8.52. The number of nitrogens with one attached hydrogen (secondary N) is 1. The lowest BCUT2D eigenvalue weighted by Gasteiger charge is -2.28. The molecule has 0 radical (unpaired) electrons. The summed E-state index contributed by atoms with van der Waals surface area (Å²) in [6, 6.07) is 15.4. The van der Waals surface area contributed by atoms with Gasteiger partial charge in [-0.1, -0.05) is 67.3 Å². The van der Waals surface area contributed by atoms with E-state index in [9.17, 15) is 9.59 Å². The molecule has 0 atom stereocenters. The molecular formula is C24H26N2O3. The molecule has 5 nitrogen and oxygen atoms in total. The Morgan fingerprint density at radius 1 is 1.03 bits per heavy atom. The third kappa shape index (κ3) is 4.34. The SMILES string of the molecule is Cc1ccc(COc2ccccc2/C=C2\NC(=O)N(C3CCCCC3)C2=O)cc1. The second-order valence-electron chi connectivity index (χ2n) is 7.77. The van der Waals surface area contributed by atoms with Gasteiger partial charge in [0.2, 0.25) is 0 Å². The molecule has 0 aromatic heterocycles. The minimum absolute atomic E-state index is 0.00943. The number of benzene rings is 2. The fraction of sp³-hybridized carbons (Fsp3) is 0.333. The van der Waals surface area contributed by atoms with Crippen molar-refractivity contribution < 1.29 is 14.3 Å². The predicted octanol–water partition coefficient (Wildman–Crippen LogP) is 4.80. The quantitative estimate of drug-likeness (QED) is 0.589. The average Bonchev–Trinajstić information content (AvgIpc) is 3.02. The molecule has 2 fully saturated rings. The Kier molecular flexibility index (Phi) is 5.65. The average molecular weight is 390 g/mol. The van der Waals surface area contributed by atoms with Gasteiger partial charge in [-0.15, -0.1) is 0 Å². The second-order valence-corrected chi connectivity index (χ2v) is 7.77. The van der Waals surface area contributed by atoms with Crippen molar-refractivity contribution in [2.45, 2.75) is 51.7 Å². The van der Waals surface area contributed by atoms with Gasteiger partial charge in [-0.2, -0.15) is 0 Å². The van der Waals surface area contributed by atoms with Crippen LogP contribution in [0, 0.1) is 6.92 Å². The van der Waals surface area contributed by atoms with E-state index in [-0.39, 0.29) is 18.0 Å². The van der Waals surface area contributed by atoms with Crippen molar-refractivity contribution in [3.8, 4) is 5.75 Å². The minimum atomic E-state index is -0.314. The van der Waals surface area contributed by atoms with Crippen LogP contribution in [0.25, 0.3) is 6.08 Å². The Morgan fingerprint density at radius 2 is 1.76 bits per heavy atom. The molecule has 29 heavy (non-hydrogen) atoms. The smallest absolute Gasteiger partial charge is 0.329 e. The van der Waals surface area contributed by atoms with E-state index in [4.69, 9.17) is 4.74 Å². The highest BCUT2D eigenvalue weighted by Crippen LogP contribution is 2.28. The molecule has 5 heteroatoms. The molecule has 3 amide bonds. The maximum Gasteiger partial charge on any atom is 0.329 e. The number of carbonyl (C=O) groups excluding carboxylic acids is 2. The first-order valence-electron chi connectivity index (χ1n) is 10.3. The molecule has 150 valence electrons. The number of nitrogens with zero attached hydrogens (tertiary/aromatic N) is 1. The van der Waals surface area contributed by atoms with Gasteiger partial charge in [-0.05, 0) is 37.5 Å². The summed E-state index contributed by atoms with van der Waals surface area (Å²) in [7, 11) is 0. The van der Waals surface area contributed by atoms with E-state index in [0.717, 1.165) is 36.8 Å². The van der Waals surface area contributed by atoms with Gasteiger partial charge in [-0.25, -0.2) is 4.79 Å². The third-order valence-electron chi connectivity index (χ3n) is 5.58. The predicted molar refractivity (Wildman–Crippen MR) is 112 cm³/mol. The Morgan fingerprint density at radius 3 is 2.52 bits per heavy atom. The monoisotopic (exact) mass is 390 g/mol. The van der Waals surface area contributed by atoms with Crippen molar-refractivity contribution in [2.24, 2.45) is 0 Å². The largest absolute Gasteiger partial charge is 0.488 e. The van der Waals surface area contributed by atoms with E-state index in [1.54, 1.807) is 6.08 Å². The van der Waals surface area contributed by atoms with Crippen molar-refractivity contribution in [3.63, 3.8) is 0 Å². The highest BCUT2D eigenvalue weighted by atomic mass is 16.5. The van der Waals surface area contributed by atoms with Crippen LogP contribution in [0.5, 0.6) is 5.75 Å². The summed E-state index contributed by atoms with van der Waals surface area (Å²) in [5.41, 5.74) is 3.37. The fourth-order valence-electron chi connectivity index (χ4n) is 3.95. The van der Waals surface area contributed by atoms with Crippen molar-refractivity contribution in [2.75, 3.05) is 0 Å². The molecule has 2 aromatic rings. The van der Waals surface area contributed by atoms with Crippen LogP contribution in [-0.4, -0.2) is 22.9 Å². The summed E-state index contributed by atoms with van der Waals surface area (Å²) in [4.78, 5) is 26.7. The van der Waals surface area contributed by atoms with Crippen LogP contribution in [-0.2, 0) is 11.4 Å². The Labute approximate surface area is 171 Å². The highest BCUT2D eigenvalue weighted by molar-refractivity contribution is 6.14. The summed E-state index contributed by atoms with van der Waals surface area (Å²) in [5, 5.41) is 2.75. The van der Waals surface area contributed by atoms with Gasteiger partial charge in [0.25, 0.3) is 5.91 Å². The van der Waals surface area contributed by atoms with Gasteiger partial charge in [0, 0.05) is 11.6 Å². The molecule has 2 aliphatic rings. The normalized spacial score (nSPS) is 18.9. The summed E-state index contributed by atoms with van der Waals surface area (Å²) >= 11 is 0. The number of imide groups is 1. The number of hydrogen-bond acceptors (Lipinski definition) is 3. The standard InChI is InChI=1S/C24H26N2O3/c1-17-11-13-18(14-12-17)16-29-22-10-6-5-7-19(22)15-21-23(27)26(24(28)25-21)20-8-3-2-4-9-20/h5-7,10-15,20H,2-4,8-9,16H2,1H3,(H,25,28)/b21-15-. The maximum atomic E-state index is 12.9. The lowest BCUT2D eigenvalue weighted by atomic mass is 9.94. The third-order valence-corrected chi connectivity index (χ3v) is 5.58. The molecule has 1 aliphatic carbocycles. The van der Waals surface area contributed by atoms with Gasteiger partial charge in [0.15, 0.2) is 0 Å². The molecule has 4 rings (SSSR count). The van der Waals surface area contributed by atoms with E-state index in [1.807, 2.05) is 36.4 Å². The van der Waals surface area contributed by atoms with Crippen molar-refractivity contribution in [1.29, 1.82) is 0 Å². The van der Waals surface area contributed by atoms with Gasteiger partial charge in [0.1, 0.15) is 18.1 Å². The van der Waals surface area contributed by atoms with Crippen LogP contribution in [0.4, 0.5) is 4.79 Å². The first-order valence-corrected chi connectivity index (χ1v) is 10.3. The number of hydrogen-bond donors (Lipinski definition) is 1. The molecule has 2 aromatic carbocycles.